The molecule has 0 aliphatic rings. The van der Waals surface area contributed by atoms with Crippen LogP contribution in [0.15, 0.2) is 51.9 Å². The molecule has 37 heavy (non-hydrogen) atoms. The van der Waals surface area contributed by atoms with E-state index >= 15 is 0 Å². The molecule has 0 fully saturated rings. The van der Waals surface area contributed by atoms with Gasteiger partial charge >= 0.3 is 0 Å². The molecule has 1 aromatic heterocycles. The molecule has 10 heteroatoms. The quantitative estimate of drug-likeness (QED) is 0.172. The summed E-state index contributed by atoms with van der Waals surface area (Å²) in [7, 11) is -5.48. The van der Waals surface area contributed by atoms with Crippen molar-refractivity contribution in [2.45, 2.75) is 64.6 Å². The van der Waals surface area contributed by atoms with E-state index in [1.165, 1.54) is 0 Å². The third kappa shape index (κ3) is 7.08. The Hall–Kier alpha value is -2.50. The monoisotopic (exact) mass is 546 g/mol. The summed E-state index contributed by atoms with van der Waals surface area (Å²) >= 11 is 0. The summed E-state index contributed by atoms with van der Waals surface area (Å²) in [5.74, 6) is 0.144. The second-order valence-electron chi connectivity index (χ2n) is 10.2. The van der Waals surface area contributed by atoms with Crippen LogP contribution in [0.4, 0.5) is 5.88 Å². The van der Waals surface area contributed by atoms with Crippen molar-refractivity contribution >= 4 is 24.0 Å². The molecule has 1 N–H and O–H groups in total. The first-order chi connectivity index (χ1) is 17.5. The van der Waals surface area contributed by atoms with E-state index in [-0.39, 0.29) is 30.7 Å². The fourth-order valence-corrected chi connectivity index (χ4v) is 6.07. The van der Waals surface area contributed by atoms with E-state index in [2.05, 4.69) is 24.8 Å². The lowest BCUT2D eigenvalue weighted by Gasteiger charge is -2.24. The minimum Gasteiger partial charge on any atom is -0.392 e. The Kier molecular flexibility index (Phi) is 9.71. The van der Waals surface area contributed by atoms with Crippen molar-refractivity contribution in [1.82, 2.24) is 5.16 Å². The topological polar surface area (TPSA) is 102 Å². The SMILES string of the molecule is CCOCc1cc(CO)ccc1-c1ccccc1S(=O)(=O)N(COCC[Si](C)(C)C)c1onc(C)c1C. The highest BCUT2D eigenvalue weighted by atomic mass is 32.2. The van der Waals surface area contributed by atoms with Crippen LogP contribution in [0.5, 0.6) is 0 Å². The molecule has 0 spiro atoms. The van der Waals surface area contributed by atoms with Crippen LogP contribution in [0, 0.1) is 13.8 Å². The molecule has 0 saturated carbocycles. The van der Waals surface area contributed by atoms with Gasteiger partial charge in [-0.2, -0.15) is 0 Å². The molecular weight excluding hydrogens is 508 g/mol. The minimum atomic E-state index is -4.12. The van der Waals surface area contributed by atoms with Crippen LogP contribution < -0.4 is 4.31 Å². The first-order valence-electron chi connectivity index (χ1n) is 12.4. The molecular formula is C27H38N2O6SSi. The molecule has 0 radical (unpaired) electrons. The van der Waals surface area contributed by atoms with Gasteiger partial charge in [-0.05, 0) is 49.6 Å². The summed E-state index contributed by atoms with van der Waals surface area (Å²) in [6.45, 7) is 13.1. The van der Waals surface area contributed by atoms with Crippen LogP contribution in [-0.2, 0) is 32.7 Å². The number of sulfonamides is 1. The van der Waals surface area contributed by atoms with Crippen molar-refractivity contribution < 1.29 is 27.5 Å². The van der Waals surface area contributed by atoms with Crippen molar-refractivity contribution in [1.29, 1.82) is 0 Å². The first-order valence-corrected chi connectivity index (χ1v) is 17.6. The van der Waals surface area contributed by atoms with Gasteiger partial charge in [0.2, 0.25) is 5.88 Å². The number of ether oxygens (including phenoxy) is 2. The van der Waals surface area contributed by atoms with E-state index in [4.69, 9.17) is 14.0 Å². The molecule has 2 aromatic carbocycles. The fraction of sp³-hybridized carbons (Fsp3) is 0.444. The van der Waals surface area contributed by atoms with E-state index in [9.17, 15) is 13.5 Å². The lowest BCUT2D eigenvalue weighted by atomic mass is 9.98. The van der Waals surface area contributed by atoms with Crippen LogP contribution in [0.1, 0.15) is 29.3 Å². The molecule has 0 unspecified atom stereocenters. The van der Waals surface area contributed by atoms with Gasteiger partial charge in [0, 0.05) is 32.4 Å². The van der Waals surface area contributed by atoms with Crippen molar-refractivity contribution in [2.75, 3.05) is 24.2 Å². The Morgan fingerprint density at radius 2 is 1.78 bits per heavy atom. The number of anilines is 1. The minimum absolute atomic E-state index is 0.117. The summed E-state index contributed by atoms with van der Waals surface area (Å²) in [6.07, 6.45) is 0. The zero-order valence-corrected chi connectivity index (χ0v) is 24.4. The number of aliphatic hydroxyl groups excluding tert-OH is 1. The number of aryl methyl sites for hydroxylation is 1. The van der Waals surface area contributed by atoms with Gasteiger partial charge in [0.15, 0.2) is 0 Å². The van der Waals surface area contributed by atoms with Gasteiger partial charge in [-0.15, -0.1) is 0 Å². The lowest BCUT2D eigenvalue weighted by molar-refractivity contribution is 0.134. The summed E-state index contributed by atoms with van der Waals surface area (Å²) in [5.41, 5.74) is 4.02. The van der Waals surface area contributed by atoms with Crippen LogP contribution in [0.3, 0.4) is 0 Å². The predicted octanol–water partition coefficient (Wildman–Crippen LogP) is 5.49. The van der Waals surface area contributed by atoms with E-state index in [0.29, 0.717) is 30.0 Å². The summed E-state index contributed by atoms with van der Waals surface area (Å²) < 4.78 is 46.7. The van der Waals surface area contributed by atoms with Crippen molar-refractivity contribution in [3.05, 3.63) is 64.8 Å². The van der Waals surface area contributed by atoms with Gasteiger partial charge < -0.3 is 19.1 Å². The highest BCUT2D eigenvalue weighted by molar-refractivity contribution is 7.93. The number of benzene rings is 2. The van der Waals surface area contributed by atoms with E-state index in [1.54, 1.807) is 44.2 Å². The predicted molar refractivity (Wildman–Crippen MR) is 148 cm³/mol. The molecule has 0 saturated heterocycles. The van der Waals surface area contributed by atoms with E-state index < -0.39 is 18.1 Å². The molecule has 1 heterocycles. The Labute approximate surface area is 221 Å². The maximum absolute atomic E-state index is 14.2. The van der Waals surface area contributed by atoms with Crippen molar-refractivity contribution in [3.63, 3.8) is 0 Å². The third-order valence-electron chi connectivity index (χ3n) is 6.12. The van der Waals surface area contributed by atoms with Crippen LogP contribution in [0.2, 0.25) is 25.7 Å². The fourth-order valence-electron chi connectivity index (χ4n) is 3.77. The number of hydrogen-bond donors (Lipinski definition) is 1. The Morgan fingerprint density at radius 1 is 1.05 bits per heavy atom. The Balaban J connectivity index is 2.09. The highest BCUT2D eigenvalue weighted by Gasteiger charge is 2.33. The molecule has 3 aromatic rings. The molecule has 0 amide bonds. The highest BCUT2D eigenvalue weighted by Crippen LogP contribution is 2.35. The lowest BCUT2D eigenvalue weighted by Crippen LogP contribution is -2.34. The molecule has 0 bridgehead atoms. The average Bonchev–Trinajstić information content (AvgIpc) is 3.19. The van der Waals surface area contributed by atoms with Gasteiger partial charge in [0.05, 0.1) is 23.8 Å². The van der Waals surface area contributed by atoms with Gasteiger partial charge in [-0.25, -0.2) is 12.7 Å². The second kappa shape index (κ2) is 12.4. The van der Waals surface area contributed by atoms with Crippen LogP contribution >= 0.6 is 0 Å². The van der Waals surface area contributed by atoms with Gasteiger partial charge in [0.25, 0.3) is 10.0 Å². The summed E-state index contributed by atoms with van der Waals surface area (Å²) in [5, 5.41) is 13.6. The van der Waals surface area contributed by atoms with Gasteiger partial charge in [0.1, 0.15) is 6.73 Å². The zero-order chi connectivity index (χ0) is 27.2. The van der Waals surface area contributed by atoms with Gasteiger partial charge in [-0.1, -0.05) is 61.2 Å². The maximum atomic E-state index is 14.2. The van der Waals surface area contributed by atoms with Crippen molar-refractivity contribution in [2.24, 2.45) is 0 Å². The van der Waals surface area contributed by atoms with Crippen LogP contribution in [-0.4, -0.2) is 46.7 Å². The van der Waals surface area contributed by atoms with Gasteiger partial charge in [-0.3, -0.25) is 0 Å². The number of rotatable bonds is 13. The summed E-state index contributed by atoms with van der Waals surface area (Å²) in [4.78, 5) is 0.117. The summed E-state index contributed by atoms with van der Waals surface area (Å²) in [6, 6.07) is 13.2. The normalized spacial score (nSPS) is 12.2. The average molecular weight is 547 g/mol. The molecule has 0 aliphatic heterocycles. The Morgan fingerprint density at radius 3 is 2.41 bits per heavy atom. The standard InChI is InChI=1S/C27H38N2O6SSi/c1-7-33-18-23-16-22(17-30)12-13-24(23)25-10-8-9-11-26(25)36(31,32)29(19-34-14-15-37(4,5)6)27-20(2)21(3)28-35-27/h8-13,16,30H,7,14-15,17-19H2,1-6H3. The second-order valence-corrected chi connectivity index (χ2v) is 17.6. The number of aromatic nitrogens is 1. The molecule has 0 atom stereocenters. The first kappa shape index (κ1) is 29.1. The number of hydrogen-bond acceptors (Lipinski definition) is 7. The Bertz CT molecular complexity index is 1300. The molecule has 8 nitrogen and oxygen atoms in total. The smallest absolute Gasteiger partial charge is 0.269 e. The van der Waals surface area contributed by atoms with E-state index in [0.717, 1.165) is 27.0 Å². The largest absolute Gasteiger partial charge is 0.392 e. The number of nitrogens with zero attached hydrogens (tertiary/aromatic N) is 2. The van der Waals surface area contributed by atoms with Crippen molar-refractivity contribution in [3.8, 4) is 11.1 Å². The number of aliphatic hydroxyl groups is 1. The maximum Gasteiger partial charge on any atom is 0.269 e. The molecule has 0 aliphatic carbocycles. The molecule has 3 rings (SSSR count). The van der Waals surface area contributed by atoms with Crippen LogP contribution in [0.25, 0.3) is 11.1 Å². The molecule has 202 valence electrons. The third-order valence-corrected chi connectivity index (χ3v) is 9.59. The zero-order valence-electron chi connectivity index (χ0n) is 22.6. The van der Waals surface area contributed by atoms with E-state index in [1.807, 2.05) is 19.1 Å².